The number of hydrogen-bond donors (Lipinski definition) is 1. The van der Waals surface area contributed by atoms with E-state index >= 15 is 0 Å². The summed E-state index contributed by atoms with van der Waals surface area (Å²) in [5, 5.41) is 6.91. The van der Waals surface area contributed by atoms with Gasteiger partial charge in [0.1, 0.15) is 19.0 Å². The summed E-state index contributed by atoms with van der Waals surface area (Å²) in [6, 6.07) is 16.1. The molecule has 4 rings (SSSR count). The Hall–Kier alpha value is -3.48. The average Bonchev–Trinajstić information content (AvgIpc) is 3.35. The van der Waals surface area contributed by atoms with E-state index < -0.39 is 0 Å². The number of nitrogens with one attached hydrogen (secondary N) is 1. The van der Waals surface area contributed by atoms with E-state index in [0.29, 0.717) is 19.5 Å². The summed E-state index contributed by atoms with van der Waals surface area (Å²) in [6.45, 7) is 1.03. The molecule has 0 spiro atoms. The highest BCUT2D eigenvalue weighted by Crippen LogP contribution is 2.18. The standard InChI is InChI=1S/C19H18N6O/c26-19(9-10-24-13-20-12-23-24)21-11-15-5-7-16(8-6-15)25-14-22-17-3-1-2-4-18(17)25/h1-8,12-14H,9-11H2,(H,21,26). The number of imidazole rings is 1. The molecule has 7 heteroatoms. The maximum atomic E-state index is 11.9. The number of aromatic nitrogens is 5. The summed E-state index contributed by atoms with van der Waals surface area (Å²) < 4.78 is 3.69. The molecule has 0 fully saturated rings. The molecular formula is C19H18N6O. The second-order valence-corrected chi connectivity index (χ2v) is 5.96. The molecule has 0 radical (unpaired) electrons. The van der Waals surface area contributed by atoms with Crippen LogP contribution in [0.4, 0.5) is 0 Å². The smallest absolute Gasteiger partial charge is 0.222 e. The molecule has 2 heterocycles. The first-order valence-corrected chi connectivity index (χ1v) is 8.40. The Labute approximate surface area is 150 Å². The minimum Gasteiger partial charge on any atom is -0.352 e. The molecular weight excluding hydrogens is 328 g/mol. The molecule has 0 aliphatic heterocycles. The van der Waals surface area contributed by atoms with E-state index in [-0.39, 0.29) is 5.91 Å². The van der Waals surface area contributed by atoms with Crippen LogP contribution in [0.5, 0.6) is 0 Å². The Morgan fingerprint density at radius 1 is 1.04 bits per heavy atom. The van der Waals surface area contributed by atoms with Gasteiger partial charge in [0, 0.05) is 18.7 Å². The normalized spacial score (nSPS) is 10.9. The van der Waals surface area contributed by atoms with Gasteiger partial charge in [0.2, 0.25) is 5.91 Å². The van der Waals surface area contributed by atoms with Crippen molar-refractivity contribution in [2.45, 2.75) is 19.5 Å². The zero-order chi connectivity index (χ0) is 17.8. The van der Waals surface area contributed by atoms with Crippen molar-refractivity contribution in [3.8, 4) is 5.69 Å². The van der Waals surface area contributed by atoms with Gasteiger partial charge in [0.05, 0.1) is 17.6 Å². The fourth-order valence-corrected chi connectivity index (χ4v) is 2.79. The first-order chi connectivity index (χ1) is 12.8. The van der Waals surface area contributed by atoms with Gasteiger partial charge in [-0.1, -0.05) is 24.3 Å². The van der Waals surface area contributed by atoms with E-state index in [1.54, 1.807) is 11.0 Å². The van der Waals surface area contributed by atoms with E-state index in [9.17, 15) is 4.79 Å². The first-order valence-electron chi connectivity index (χ1n) is 8.40. The number of benzene rings is 2. The number of para-hydroxylation sites is 2. The molecule has 0 aliphatic carbocycles. The van der Waals surface area contributed by atoms with Crippen molar-refractivity contribution in [3.05, 3.63) is 73.1 Å². The second-order valence-electron chi connectivity index (χ2n) is 5.96. The molecule has 130 valence electrons. The summed E-state index contributed by atoms with van der Waals surface area (Å²) >= 11 is 0. The van der Waals surface area contributed by atoms with Crippen LogP contribution in [0, 0.1) is 0 Å². The Bertz CT molecular complexity index is 1000. The van der Waals surface area contributed by atoms with E-state index in [4.69, 9.17) is 0 Å². The van der Waals surface area contributed by atoms with Gasteiger partial charge in [0.25, 0.3) is 0 Å². The number of aryl methyl sites for hydroxylation is 1. The molecule has 1 amide bonds. The lowest BCUT2D eigenvalue weighted by molar-refractivity contribution is -0.121. The van der Waals surface area contributed by atoms with Crippen LogP contribution in [0.3, 0.4) is 0 Å². The minimum absolute atomic E-state index is 0.00909. The number of carbonyl (C=O) groups excluding carboxylic acids is 1. The summed E-state index contributed by atoms with van der Waals surface area (Å²) in [7, 11) is 0. The Balaban J connectivity index is 1.36. The highest BCUT2D eigenvalue weighted by atomic mass is 16.1. The lowest BCUT2D eigenvalue weighted by Crippen LogP contribution is -2.24. The maximum absolute atomic E-state index is 11.9. The lowest BCUT2D eigenvalue weighted by atomic mass is 10.2. The third-order valence-corrected chi connectivity index (χ3v) is 4.19. The Kier molecular flexibility index (Phi) is 4.42. The van der Waals surface area contributed by atoms with Gasteiger partial charge in [-0.05, 0) is 29.8 Å². The topological polar surface area (TPSA) is 77.6 Å². The van der Waals surface area contributed by atoms with Crippen LogP contribution in [0.1, 0.15) is 12.0 Å². The van der Waals surface area contributed by atoms with Gasteiger partial charge in [-0.2, -0.15) is 5.10 Å². The largest absolute Gasteiger partial charge is 0.352 e. The molecule has 2 aromatic heterocycles. The molecule has 26 heavy (non-hydrogen) atoms. The predicted molar refractivity (Wildman–Crippen MR) is 97.6 cm³/mol. The van der Waals surface area contributed by atoms with Crippen LogP contribution < -0.4 is 5.32 Å². The SMILES string of the molecule is O=C(CCn1cncn1)NCc1ccc(-n2cnc3ccccc32)cc1. The van der Waals surface area contributed by atoms with Gasteiger partial charge in [0.15, 0.2) is 0 Å². The van der Waals surface area contributed by atoms with Crippen LogP contribution >= 0.6 is 0 Å². The van der Waals surface area contributed by atoms with Crippen molar-refractivity contribution < 1.29 is 4.79 Å². The molecule has 0 aliphatic rings. The lowest BCUT2D eigenvalue weighted by Gasteiger charge is -2.08. The number of rotatable bonds is 6. The van der Waals surface area contributed by atoms with E-state index in [0.717, 1.165) is 22.3 Å². The third-order valence-electron chi connectivity index (χ3n) is 4.19. The molecule has 2 aromatic carbocycles. The number of nitrogens with zero attached hydrogens (tertiary/aromatic N) is 5. The molecule has 0 bridgehead atoms. The van der Waals surface area contributed by atoms with Crippen LogP contribution in [-0.4, -0.2) is 30.2 Å². The van der Waals surface area contributed by atoms with Crippen molar-refractivity contribution >= 4 is 16.9 Å². The molecule has 0 atom stereocenters. The van der Waals surface area contributed by atoms with Gasteiger partial charge in [-0.3, -0.25) is 14.0 Å². The Morgan fingerprint density at radius 3 is 2.69 bits per heavy atom. The van der Waals surface area contributed by atoms with Crippen LogP contribution in [0.25, 0.3) is 16.7 Å². The molecule has 4 aromatic rings. The summed E-state index contributed by atoms with van der Waals surface area (Å²) in [6.07, 6.45) is 5.27. The molecule has 0 saturated carbocycles. The molecule has 1 N–H and O–H groups in total. The monoisotopic (exact) mass is 346 g/mol. The summed E-state index contributed by atoms with van der Waals surface area (Å²) in [5.74, 6) is -0.00909. The van der Waals surface area contributed by atoms with Crippen molar-refractivity contribution in [1.29, 1.82) is 0 Å². The van der Waals surface area contributed by atoms with Gasteiger partial charge >= 0.3 is 0 Å². The molecule has 0 unspecified atom stereocenters. The first kappa shape index (κ1) is 16.0. The summed E-state index contributed by atoms with van der Waals surface area (Å²) in [5.41, 5.74) is 4.13. The fourth-order valence-electron chi connectivity index (χ4n) is 2.79. The van der Waals surface area contributed by atoms with E-state index in [1.165, 1.54) is 6.33 Å². The minimum atomic E-state index is -0.00909. The average molecular weight is 346 g/mol. The van der Waals surface area contributed by atoms with Crippen molar-refractivity contribution in [2.75, 3.05) is 0 Å². The second kappa shape index (κ2) is 7.18. The predicted octanol–water partition coefficient (Wildman–Crippen LogP) is 2.32. The highest BCUT2D eigenvalue weighted by Gasteiger charge is 2.05. The number of fused-ring (bicyclic) bond motifs is 1. The van der Waals surface area contributed by atoms with Gasteiger partial charge in [-0.25, -0.2) is 9.97 Å². The number of carbonyl (C=O) groups is 1. The quantitative estimate of drug-likeness (QED) is 0.581. The maximum Gasteiger partial charge on any atom is 0.222 e. The molecule has 0 saturated heterocycles. The fraction of sp³-hybridized carbons (Fsp3) is 0.158. The van der Waals surface area contributed by atoms with Crippen LogP contribution in [0.2, 0.25) is 0 Å². The zero-order valence-electron chi connectivity index (χ0n) is 14.1. The number of amides is 1. The molecule has 7 nitrogen and oxygen atoms in total. The zero-order valence-corrected chi connectivity index (χ0v) is 14.1. The van der Waals surface area contributed by atoms with Crippen LogP contribution in [-0.2, 0) is 17.9 Å². The van der Waals surface area contributed by atoms with E-state index in [2.05, 4.69) is 25.0 Å². The van der Waals surface area contributed by atoms with Crippen LogP contribution in [0.15, 0.2) is 67.5 Å². The van der Waals surface area contributed by atoms with Crippen molar-refractivity contribution in [1.82, 2.24) is 29.6 Å². The van der Waals surface area contributed by atoms with Gasteiger partial charge in [-0.15, -0.1) is 0 Å². The Morgan fingerprint density at radius 2 is 1.88 bits per heavy atom. The number of hydrogen-bond acceptors (Lipinski definition) is 4. The van der Waals surface area contributed by atoms with E-state index in [1.807, 2.05) is 54.9 Å². The highest BCUT2D eigenvalue weighted by molar-refractivity contribution is 5.77. The van der Waals surface area contributed by atoms with Gasteiger partial charge < -0.3 is 5.32 Å². The summed E-state index contributed by atoms with van der Waals surface area (Å²) in [4.78, 5) is 20.2. The third kappa shape index (κ3) is 3.46. The van der Waals surface area contributed by atoms with Crippen molar-refractivity contribution in [2.24, 2.45) is 0 Å². The van der Waals surface area contributed by atoms with Crippen molar-refractivity contribution in [3.63, 3.8) is 0 Å².